The molecular weight excluding hydrogens is 442 g/mol. The lowest BCUT2D eigenvalue weighted by Crippen LogP contribution is -2.38. The summed E-state index contributed by atoms with van der Waals surface area (Å²) in [6, 6.07) is 7.29. The summed E-state index contributed by atoms with van der Waals surface area (Å²) in [5, 5.41) is 11.9. The third-order valence-electron chi connectivity index (χ3n) is 4.68. The SMILES string of the molecule is O=C(Nc1ccc(F)c(Cl)c1)c1ccc(Cl)c(S(=O)(=O)NC2CCC(O)CC2)c1. The molecule has 0 atom stereocenters. The van der Waals surface area contributed by atoms with Crippen LogP contribution in [0.1, 0.15) is 36.0 Å². The molecule has 10 heteroatoms. The average molecular weight is 461 g/mol. The number of halogens is 3. The highest BCUT2D eigenvalue weighted by Crippen LogP contribution is 2.26. The maximum Gasteiger partial charge on any atom is 0.255 e. The van der Waals surface area contributed by atoms with Gasteiger partial charge >= 0.3 is 0 Å². The van der Waals surface area contributed by atoms with Gasteiger partial charge in [0.25, 0.3) is 5.91 Å². The van der Waals surface area contributed by atoms with Crippen molar-refractivity contribution in [3.05, 3.63) is 57.8 Å². The molecule has 0 bridgehead atoms. The number of aliphatic hydroxyl groups excluding tert-OH is 1. The number of carbonyl (C=O) groups excluding carboxylic acids is 1. The van der Waals surface area contributed by atoms with Gasteiger partial charge in [0.05, 0.1) is 16.1 Å². The third kappa shape index (κ3) is 5.46. The van der Waals surface area contributed by atoms with Crippen LogP contribution < -0.4 is 10.0 Å². The highest BCUT2D eigenvalue weighted by Gasteiger charge is 2.27. The minimum Gasteiger partial charge on any atom is -0.393 e. The van der Waals surface area contributed by atoms with Crippen molar-refractivity contribution in [2.24, 2.45) is 0 Å². The molecule has 2 aromatic carbocycles. The Labute approximate surface area is 178 Å². The predicted octanol–water partition coefficient (Wildman–Crippen LogP) is 3.97. The second-order valence-corrected chi connectivity index (χ2v) is 9.35. The van der Waals surface area contributed by atoms with Gasteiger partial charge in [0.1, 0.15) is 10.7 Å². The van der Waals surface area contributed by atoms with E-state index in [0.29, 0.717) is 25.7 Å². The smallest absolute Gasteiger partial charge is 0.255 e. The molecule has 1 amide bonds. The Morgan fingerprint density at radius 1 is 1.03 bits per heavy atom. The minimum atomic E-state index is -3.96. The molecule has 0 unspecified atom stereocenters. The van der Waals surface area contributed by atoms with Crippen molar-refractivity contribution < 1.29 is 22.7 Å². The number of anilines is 1. The van der Waals surface area contributed by atoms with Crippen LogP contribution in [0.5, 0.6) is 0 Å². The van der Waals surface area contributed by atoms with E-state index in [2.05, 4.69) is 10.0 Å². The highest BCUT2D eigenvalue weighted by atomic mass is 35.5. The van der Waals surface area contributed by atoms with Crippen molar-refractivity contribution >= 4 is 44.8 Å². The number of carbonyl (C=O) groups is 1. The van der Waals surface area contributed by atoms with Gasteiger partial charge in [0.2, 0.25) is 10.0 Å². The molecule has 0 heterocycles. The first-order chi connectivity index (χ1) is 13.7. The van der Waals surface area contributed by atoms with E-state index in [4.69, 9.17) is 23.2 Å². The zero-order valence-electron chi connectivity index (χ0n) is 15.2. The molecule has 6 nitrogen and oxygen atoms in total. The van der Waals surface area contributed by atoms with Crippen molar-refractivity contribution in [2.75, 3.05) is 5.32 Å². The monoisotopic (exact) mass is 460 g/mol. The maximum absolute atomic E-state index is 13.3. The first-order valence-electron chi connectivity index (χ1n) is 8.92. The topological polar surface area (TPSA) is 95.5 Å². The molecule has 1 fully saturated rings. The van der Waals surface area contributed by atoms with Crippen LogP contribution >= 0.6 is 23.2 Å². The minimum absolute atomic E-state index is 0.0188. The lowest BCUT2D eigenvalue weighted by atomic mass is 9.94. The van der Waals surface area contributed by atoms with Gasteiger partial charge in [-0.05, 0) is 62.1 Å². The van der Waals surface area contributed by atoms with E-state index in [0.717, 1.165) is 6.07 Å². The second-order valence-electron chi connectivity index (χ2n) is 6.85. The number of benzene rings is 2. The number of rotatable bonds is 5. The number of hydrogen-bond acceptors (Lipinski definition) is 4. The molecule has 156 valence electrons. The molecule has 0 aliphatic heterocycles. The molecule has 1 saturated carbocycles. The summed E-state index contributed by atoms with van der Waals surface area (Å²) in [6.45, 7) is 0. The Bertz CT molecular complexity index is 1020. The van der Waals surface area contributed by atoms with Crippen LogP contribution in [-0.2, 0) is 10.0 Å². The fourth-order valence-electron chi connectivity index (χ4n) is 3.10. The van der Waals surface area contributed by atoms with Gasteiger partial charge in [-0.3, -0.25) is 4.79 Å². The fourth-order valence-corrected chi connectivity index (χ4v) is 5.12. The molecular formula is C19H19Cl2FN2O4S. The zero-order valence-corrected chi connectivity index (χ0v) is 17.5. The Morgan fingerprint density at radius 3 is 2.38 bits per heavy atom. The van der Waals surface area contributed by atoms with Crippen LogP contribution in [0.25, 0.3) is 0 Å². The van der Waals surface area contributed by atoms with Crippen molar-refractivity contribution in [3.8, 4) is 0 Å². The summed E-state index contributed by atoms with van der Waals surface area (Å²) in [6.07, 6.45) is 1.66. The number of nitrogens with one attached hydrogen (secondary N) is 2. The Kier molecular flexibility index (Phi) is 6.80. The van der Waals surface area contributed by atoms with Crippen molar-refractivity contribution in [1.82, 2.24) is 4.72 Å². The molecule has 0 spiro atoms. The van der Waals surface area contributed by atoms with Crippen molar-refractivity contribution in [2.45, 2.75) is 42.7 Å². The van der Waals surface area contributed by atoms with Gasteiger partial charge in [-0.1, -0.05) is 23.2 Å². The number of hydrogen-bond donors (Lipinski definition) is 3. The lowest BCUT2D eigenvalue weighted by molar-refractivity contribution is 0.102. The van der Waals surface area contributed by atoms with Gasteiger partial charge in [-0.15, -0.1) is 0 Å². The molecule has 0 aromatic heterocycles. The standard InChI is InChI=1S/C19H19Cl2FN2O4S/c20-15-7-1-11(19(26)23-13-4-8-17(22)16(21)10-13)9-18(15)29(27,28)24-12-2-5-14(25)6-3-12/h1,4,7-10,12,14,24-25H,2-3,5-6H2,(H,23,26). The highest BCUT2D eigenvalue weighted by molar-refractivity contribution is 7.89. The van der Waals surface area contributed by atoms with Crippen LogP contribution in [-0.4, -0.2) is 31.6 Å². The zero-order chi connectivity index (χ0) is 21.2. The summed E-state index contributed by atoms with van der Waals surface area (Å²) in [7, 11) is -3.96. The third-order valence-corrected chi connectivity index (χ3v) is 6.97. The molecule has 0 radical (unpaired) electrons. The summed E-state index contributed by atoms with van der Waals surface area (Å²) in [5.41, 5.74) is 0.328. The van der Waals surface area contributed by atoms with E-state index < -0.39 is 27.9 Å². The van der Waals surface area contributed by atoms with E-state index in [1.165, 1.54) is 30.3 Å². The number of aliphatic hydroxyl groups is 1. The first-order valence-corrected chi connectivity index (χ1v) is 11.2. The van der Waals surface area contributed by atoms with Gasteiger partial charge in [-0.25, -0.2) is 17.5 Å². The normalized spacial score (nSPS) is 19.7. The maximum atomic E-state index is 13.3. The number of amides is 1. The molecule has 3 rings (SSSR count). The molecule has 3 N–H and O–H groups in total. The van der Waals surface area contributed by atoms with Crippen molar-refractivity contribution in [1.29, 1.82) is 0 Å². The van der Waals surface area contributed by atoms with E-state index in [9.17, 15) is 22.7 Å². The average Bonchev–Trinajstić information content (AvgIpc) is 2.66. The molecule has 29 heavy (non-hydrogen) atoms. The fraction of sp³-hybridized carbons (Fsp3) is 0.316. The van der Waals surface area contributed by atoms with Crippen LogP contribution in [0.15, 0.2) is 41.3 Å². The largest absolute Gasteiger partial charge is 0.393 e. The van der Waals surface area contributed by atoms with E-state index >= 15 is 0 Å². The molecule has 1 aliphatic rings. The van der Waals surface area contributed by atoms with E-state index in [-0.39, 0.29) is 32.2 Å². The van der Waals surface area contributed by atoms with Crippen LogP contribution in [0, 0.1) is 5.82 Å². The van der Waals surface area contributed by atoms with Crippen LogP contribution in [0.2, 0.25) is 10.0 Å². The summed E-state index contributed by atoms with van der Waals surface area (Å²) in [5.74, 6) is -1.22. The first kappa shape index (κ1) is 22.0. The Hall–Kier alpha value is -1.71. The molecule has 2 aromatic rings. The molecule has 0 saturated heterocycles. The summed E-state index contributed by atoms with van der Waals surface area (Å²) < 4.78 is 41.4. The van der Waals surface area contributed by atoms with Gasteiger partial charge in [0, 0.05) is 17.3 Å². The van der Waals surface area contributed by atoms with Crippen LogP contribution in [0.4, 0.5) is 10.1 Å². The molecule has 1 aliphatic carbocycles. The van der Waals surface area contributed by atoms with Gasteiger partial charge in [0.15, 0.2) is 0 Å². The Balaban J connectivity index is 1.79. The van der Waals surface area contributed by atoms with E-state index in [1.807, 2.05) is 0 Å². The second kappa shape index (κ2) is 8.97. The number of sulfonamides is 1. The summed E-state index contributed by atoms with van der Waals surface area (Å²) in [4.78, 5) is 12.3. The van der Waals surface area contributed by atoms with Crippen molar-refractivity contribution in [3.63, 3.8) is 0 Å². The quantitative estimate of drug-likeness (QED) is 0.628. The van der Waals surface area contributed by atoms with E-state index in [1.54, 1.807) is 0 Å². The summed E-state index contributed by atoms with van der Waals surface area (Å²) >= 11 is 11.8. The van der Waals surface area contributed by atoms with Crippen LogP contribution in [0.3, 0.4) is 0 Å². The lowest BCUT2D eigenvalue weighted by Gasteiger charge is -2.26. The van der Waals surface area contributed by atoms with Gasteiger partial charge < -0.3 is 10.4 Å². The Morgan fingerprint density at radius 2 is 1.72 bits per heavy atom. The van der Waals surface area contributed by atoms with Gasteiger partial charge in [-0.2, -0.15) is 0 Å². The predicted molar refractivity (Wildman–Crippen MR) is 109 cm³/mol.